The average Bonchev–Trinajstić information content (AvgIpc) is 3.64. The number of nitrogens with zero attached hydrogens (tertiary/aromatic N) is 5. The molecule has 54 heavy (non-hydrogen) atoms. The number of hydrogen-bond acceptors (Lipinski definition) is 9. The number of aromatic nitrogens is 4. The van der Waals surface area contributed by atoms with Crippen LogP contribution in [0.4, 0.5) is 18.9 Å². The van der Waals surface area contributed by atoms with E-state index in [1.807, 2.05) is 37.4 Å². The van der Waals surface area contributed by atoms with Gasteiger partial charge in [-0.25, -0.2) is 9.97 Å². The van der Waals surface area contributed by atoms with Gasteiger partial charge in [-0.1, -0.05) is 12.8 Å². The van der Waals surface area contributed by atoms with Crippen molar-refractivity contribution in [2.24, 2.45) is 5.41 Å². The SMILES string of the molecule is COCC1(CN(C)c2cc(-c3cnc(C4CC4)c(C(F)(F)F)c3)nc3nc(-c4ccc(O[C@H]5C[C@H]6CC[C@@H](C5)N6CCC(=O)[O-])cc4)[nH]c23)CCCC1.[Na+]. The Morgan fingerprint density at radius 3 is 2.37 bits per heavy atom. The first kappa shape index (κ1) is 39.0. The zero-order chi connectivity index (χ0) is 36.9. The Morgan fingerprint density at radius 2 is 1.74 bits per heavy atom. The van der Waals surface area contributed by atoms with Crippen LogP contribution in [-0.2, 0) is 15.7 Å². The number of carbonyl (C=O) groups excluding carboxylic acids is 1. The summed E-state index contributed by atoms with van der Waals surface area (Å²) in [6, 6.07) is 11.4. The fraction of sp³-hybridized carbons (Fsp3) is 0.550. The topological polar surface area (TPSA) is 120 Å². The van der Waals surface area contributed by atoms with E-state index in [1.165, 1.54) is 12.3 Å². The number of carbonyl (C=O) groups is 1. The van der Waals surface area contributed by atoms with E-state index in [2.05, 4.69) is 19.8 Å². The number of halogens is 3. The molecule has 14 heteroatoms. The van der Waals surface area contributed by atoms with Gasteiger partial charge in [-0.2, -0.15) is 13.2 Å². The Hall–Kier alpha value is -3.23. The van der Waals surface area contributed by atoms with Crippen molar-refractivity contribution in [1.82, 2.24) is 24.8 Å². The predicted octanol–water partition coefficient (Wildman–Crippen LogP) is 3.74. The van der Waals surface area contributed by atoms with E-state index in [0.717, 1.165) is 81.2 Å². The molecule has 1 N–H and O–H groups in total. The van der Waals surface area contributed by atoms with Crippen molar-refractivity contribution in [3.63, 3.8) is 0 Å². The molecule has 282 valence electrons. The molecular formula is C40H46F3N6NaO4. The Balaban J connectivity index is 0.00000450. The summed E-state index contributed by atoms with van der Waals surface area (Å²) in [7, 11) is 3.74. The Labute approximate surface area is 335 Å². The minimum Gasteiger partial charge on any atom is -0.550 e. The summed E-state index contributed by atoms with van der Waals surface area (Å²) >= 11 is 0. The van der Waals surface area contributed by atoms with Gasteiger partial charge < -0.3 is 29.3 Å². The van der Waals surface area contributed by atoms with Crippen LogP contribution in [0, 0.1) is 5.41 Å². The molecule has 0 spiro atoms. The number of H-pyrrole nitrogens is 1. The Morgan fingerprint density at radius 1 is 1.04 bits per heavy atom. The van der Waals surface area contributed by atoms with E-state index < -0.39 is 17.7 Å². The summed E-state index contributed by atoms with van der Waals surface area (Å²) in [6.07, 6.45) is 6.69. The fourth-order valence-electron chi connectivity index (χ4n) is 9.24. The second-order valence-electron chi connectivity index (χ2n) is 15.7. The molecule has 0 radical (unpaired) electrons. The predicted molar refractivity (Wildman–Crippen MR) is 192 cm³/mol. The normalized spacial score (nSPS) is 22.4. The number of methoxy groups -OCH3 is 1. The van der Waals surface area contributed by atoms with Gasteiger partial charge in [-0.15, -0.1) is 0 Å². The summed E-state index contributed by atoms with van der Waals surface area (Å²) in [4.78, 5) is 33.0. The monoisotopic (exact) mass is 754 g/mol. The number of hydrogen-bond donors (Lipinski definition) is 1. The van der Waals surface area contributed by atoms with Crippen LogP contribution in [0.15, 0.2) is 42.6 Å². The molecule has 8 rings (SSSR count). The minimum atomic E-state index is -4.52. The smallest absolute Gasteiger partial charge is 0.550 e. The van der Waals surface area contributed by atoms with Crippen LogP contribution in [0.25, 0.3) is 33.8 Å². The van der Waals surface area contributed by atoms with Crippen LogP contribution in [0.2, 0.25) is 0 Å². The van der Waals surface area contributed by atoms with Crippen molar-refractivity contribution in [3.05, 3.63) is 53.9 Å². The summed E-state index contributed by atoms with van der Waals surface area (Å²) in [6.45, 7) is 1.87. The van der Waals surface area contributed by atoms with E-state index >= 15 is 0 Å². The molecule has 2 saturated carbocycles. The molecule has 0 amide bonds. The maximum Gasteiger partial charge on any atom is 1.00 e. The van der Waals surface area contributed by atoms with Gasteiger partial charge in [0.05, 0.1) is 29.2 Å². The van der Waals surface area contributed by atoms with Gasteiger partial charge >= 0.3 is 35.7 Å². The second-order valence-corrected chi connectivity index (χ2v) is 15.7. The van der Waals surface area contributed by atoms with Crippen LogP contribution in [0.3, 0.4) is 0 Å². The molecule has 3 atom stereocenters. The number of rotatable bonds is 13. The van der Waals surface area contributed by atoms with E-state index in [4.69, 9.17) is 19.4 Å². The number of anilines is 1. The quantitative estimate of drug-likeness (QED) is 0.204. The van der Waals surface area contributed by atoms with Gasteiger partial charge in [0, 0.05) is 74.0 Å². The molecule has 10 nitrogen and oxygen atoms in total. The van der Waals surface area contributed by atoms with Gasteiger partial charge in [-0.3, -0.25) is 9.88 Å². The van der Waals surface area contributed by atoms with E-state index in [9.17, 15) is 23.1 Å². The first-order valence-corrected chi connectivity index (χ1v) is 18.9. The summed E-state index contributed by atoms with van der Waals surface area (Å²) in [5, 5.41) is 11.0. The number of aliphatic carboxylic acids is 1. The number of carboxylic acids is 1. The van der Waals surface area contributed by atoms with Gasteiger partial charge in [0.25, 0.3) is 0 Å². The molecule has 4 aliphatic rings. The largest absolute Gasteiger partial charge is 1.00 e. The molecule has 1 aromatic carbocycles. The van der Waals surface area contributed by atoms with Crippen LogP contribution in [0.5, 0.6) is 5.75 Å². The third-order valence-corrected chi connectivity index (χ3v) is 11.9. The van der Waals surface area contributed by atoms with E-state index in [0.29, 0.717) is 60.0 Å². The van der Waals surface area contributed by atoms with Crippen molar-refractivity contribution in [2.75, 3.05) is 38.8 Å². The fourth-order valence-corrected chi connectivity index (χ4v) is 9.24. The van der Waals surface area contributed by atoms with Crippen molar-refractivity contribution in [1.29, 1.82) is 0 Å². The number of imidazole rings is 1. The number of alkyl halides is 3. The molecular weight excluding hydrogens is 708 g/mol. The zero-order valence-corrected chi connectivity index (χ0v) is 33.3. The van der Waals surface area contributed by atoms with Crippen molar-refractivity contribution in [3.8, 4) is 28.4 Å². The summed E-state index contributed by atoms with van der Waals surface area (Å²) in [5.74, 6) is 0.182. The number of pyridine rings is 2. The number of nitrogens with one attached hydrogen (secondary N) is 1. The van der Waals surface area contributed by atoms with Crippen LogP contribution >= 0.6 is 0 Å². The molecule has 4 aromatic rings. The number of aromatic amines is 1. The van der Waals surface area contributed by atoms with Gasteiger partial charge in [-0.05, 0) is 94.2 Å². The molecule has 2 saturated heterocycles. The Kier molecular flexibility index (Phi) is 11.4. The third-order valence-electron chi connectivity index (χ3n) is 11.9. The van der Waals surface area contributed by atoms with Gasteiger partial charge in [0.2, 0.25) is 0 Å². The molecule has 2 aliphatic heterocycles. The maximum atomic E-state index is 14.3. The molecule has 2 aliphatic carbocycles. The van der Waals surface area contributed by atoms with Crippen LogP contribution < -0.4 is 44.3 Å². The number of ether oxygens (including phenoxy) is 2. The van der Waals surface area contributed by atoms with Gasteiger partial charge in [0.1, 0.15) is 23.2 Å². The Bertz CT molecular complexity index is 1950. The third kappa shape index (κ3) is 8.16. The number of carboxylic acid groups (broad SMARTS) is 1. The number of fused-ring (bicyclic) bond motifs is 3. The number of benzene rings is 1. The molecule has 0 unspecified atom stereocenters. The second kappa shape index (κ2) is 15.7. The average molecular weight is 755 g/mol. The van der Waals surface area contributed by atoms with Crippen molar-refractivity contribution in [2.45, 2.75) is 101 Å². The van der Waals surface area contributed by atoms with E-state index in [1.54, 1.807) is 7.11 Å². The van der Waals surface area contributed by atoms with Crippen LogP contribution in [0.1, 0.15) is 87.8 Å². The maximum absolute atomic E-state index is 14.3. The van der Waals surface area contributed by atoms with Crippen molar-refractivity contribution < 1.29 is 62.1 Å². The van der Waals surface area contributed by atoms with Crippen molar-refractivity contribution >= 4 is 22.8 Å². The van der Waals surface area contributed by atoms with E-state index in [-0.39, 0.29) is 59.1 Å². The molecule has 5 heterocycles. The summed E-state index contributed by atoms with van der Waals surface area (Å²) in [5.41, 5.74) is 2.81. The standard InChI is InChI=1S/C40H47F3N6O4.Na/c1-48(22-39(23-52-2)14-3-4-15-39)33-20-32(26-17-31(40(41,42)43)35(44-21-26)24-5-6-24)45-38-36(33)46-37(47-38)25-7-11-29(12-8-25)53-30-18-27-9-10-28(19-30)49(27)16-13-34(50)51;/h7-8,11-12,17,20-21,24,27-28,30H,3-6,9-10,13-16,18-19,22-23H2,1-2H3,(H,50,51)(H,45,46,47);/q;+1/p-1/t27-,28+,30+;. The number of piperidine rings is 1. The summed E-state index contributed by atoms with van der Waals surface area (Å²) < 4.78 is 54.9. The molecule has 4 fully saturated rings. The van der Waals surface area contributed by atoms with Gasteiger partial charge in [0.15, 0.2) is 5.65 Å². The zero-order valence-electron chi connectivity index (χ0n) is 31.3. The molecule has 2 bridgehead atoms. The van der Waals surface area contributed by atoms with Crippen LogP contribution in [-0.4, -0.2) is 82.8 Å². The minimum absolute atomic E-state index is 0. The first-order chi connectivity index (χ1) is 25.5. The first-order valence-electron chi connectivity index (χ1n) is 18.9. The molecule has 3 aromatic heterocycles.